The van der Waals surface area contributed by atoms with Crippen molar-refractivity contribution in [2.24, 2.45) is 10.9 Å². The van der Waals surface area contributed by atoms with Gasteiger partial charge in [-0.25, -0.2) is 11.3 Å². The summed E-state index contributed by atoms with van der Waals surface area (Å²) in [5.41, 5.74) is 10.3. The van der Waals surface area contributed by atoms with Crippen LogP contribution in [-0.2, 0) is 10.8 Å². The Bertz CT molecular complexity index is 2690. The van der Waals surface area contributed by atoms with E-state index in [-0.39, 0.29) is 22.6 Å². The van der Waals surface area contributed by atoms with E-state index >= 15 is 0 Å². The van der Waals surface area contributed by atoms with Crippen LogP contribution in [-0.4, -0.2) is 24.3 Å². The summed E-state index contributed by atoms with van der Waals surface area (Å²) in [6, 6.07) is 51.8. The summed E-state index contributed by atoms with van der Waals surface area (Å²) in [5.74, 6) is 4.55. The zero-order valence-corrected chi connectivity index (χ0v) is 34.4. The Hall–Kier alpha value is -6.96. The highest BCUT2D eigenvalue weighted by molar-refractivity contribution is 6.14. The Morgan fingerprint density at radius 2 is 0.831 bits per heavy atom. The molecule has 0 heterocycles. The normalized spacial score (nSPS) is 11.4. The summed E-state index contributed by atoms with van der Waals surface area (Å²) in [5, 5.41) is 13.1. The van der Waals surface area contributed by atoms with E-state index < -0.39 is 0 Å². The van der Waals surface area contributed by atoms with Gasteiger partial charge in [0.15, 0.2) is 6.29 Å². The first-order valence-corrected chi connectivity index (χ1v) is 19.6. The van der Waals surface area contributed by atoms with Gasteiger partial charge < -0.3 is 0 Å². The van der Waals surface area contributed by atoms with Crippen LogP contribution in [0.3, 0.4) is 0 Å². The highest BCUT2D eigenvalue weighted by Crippen LogP contribution is 2.29. The van der Waals surface area contributed by atoms with Crippen molar-refractivity contribution < 1.29 is 14.4 Å². The zero-order valence-electron chi connectivity index (χ0n) is 34.4. The van der Waals surface area contributed by atoms with Crippen molar-refractivity contribution in [3.05, 3.63) is 191 Å². The molecule has 8 aromatic rings. The topological polar surface area (TPSA) is 114 Å². The highest BCUT2D eigenvalue weighted by Gasteiger charge is 2.15. The number of carbonyl (C=O) groups excluding carboxylic acids is 3. The first-order valence-electron chi connectivity index (χ1n) is 19.6. The predicted octanol–water partition coefficient (Wildman–Crippen LogP) is 11.4. The molecule has 4 N–H and O–H groups in total. The molecule has 0 unspecified atom stereocenters. The zero-order chi connectivity index (χ0) is 42.2. The van der Waals surface area contributed by atoms with Crippen LogP contribution < -0.4 is 16.7 Å². The van der Waals surface area contributed by atoms with Crippen molar-refractivity contribution in [2.45, 2.75) is 52.4 Å². The number of hydrazone groups is 1. The van der Waals surface area contributed by atoms with Crippen LogP contribution in [0.15, 0.2) is 163 Å². The van der Waals surface area contributed by atoms with Gasteiger partial charge in [0.1, 0.15) is 0 Å². The van der Waals surface area contributed by atoms with Crippen LogP contribution in [0.1, 0.15) is 89.3 Å². The van der Waals surface area contributed by atoms with Gasteiger partial charge in [-0.15, -0.1) is 0 Å². The smallest absolute Gasteiger partial charge is 0.271 e. The van der Waals surface area contributed by atoms with Gasteiger partial charge in [-0.2, -0.15) is 5.10 Å². The van der Waals surface area contributed by atoms with Gasteiger partial charge in [-0.05, 0) is 101 Å². The summed E-state index contributed by atoms with van der Waals surface area (Å²) in [7, 11) is 0. The number of benzene rings is 8. The van der Waals surface area contributed by atoms with Crippen LogP contribution in [0, 0.1) is 0 Å². The quantitative estimate of drug-likeness (QED) is 0.0403. The molecule has 0 aromatic heterocycles. The fraction of sp³-hybridized carbons (Fsp3) is 0.154. The SMILES string of the molecule is CC(C)(C)c1ccc(C(=O)N/N=C/c2c3ccccc3cc3ccccc23)cc1.CC(C)(C)c1ccc(C(=O)NN)cc1.O=Cc1c2ccccc2cc2ccccc12. The number of fused-ring (bicyclic) bond motifs is 4. The summed E-state index contributed by atoms with van der Waals surface area (Å²) in [6.45, 7) is 12.9. The lowest BCUT2D eigenvalue weighted by Gasteiger charge is -2.18. The molecule has 0 spiro atoms. The fourth-order valence-electron chi connectivity index (χ4n) is 6.91. The molecule has 0 aliphatic heterocycles. The number of hydrogen-bond acceptors (Lipinski definition) is 5. The lowest BCUT2D eigenvalue weighted by molar-refractivity contribution is 0.0946. The largest absolute Gasteiger partial charge is 0.298 e. The van der Waals surface area contributed by atoms with Gasteiger partial charge in [0, 0.05) is 22.3 Å². The average Bonchev–Trinajstić information content (AvgIpc) is 3.25. The van der Waals surface area contributed by atoms with Gasteiger partial charge in [-0.3, -0.25) is 19.8 Å². The Balaban J connectivity index is 0.000000164. The summed E-state index contributed by atoms with van der Waals surface area (Å²) >= 11 is 0. The van der Waals surface area contributed by atoms with Crippen molar-refractivity contribution >= 4 is 67.4 Å². The minimum atomic E-state index is -0.259. The number of aldehydes is 1. The number of carbonyl (C=O) groups is 3. The monoisotopic (exact) mass is 778 g/mol. The van der Waals surface area contributed by atoms with Crippen LogP contribution in [0.25, 0.3) is 43.1 Å². The molecule has 0 saturated carbocycles. The molecule has 7 nitrogen and oxygen atoms in total. The van der Waals surface area contributed by atoms with Crippen LogP contribution >= 0.6 is 0 Å². The van der Waals surface area contributed by atoms with E-state index in [1.807, 2.05) is 109 Å². The minimum Gasteiger partial charge on any atom is -0.298 e. The number of nitrogens with two attached hydrogens (primary N) is 1. The molecule has 0 fully saturated rings. The van der Waals surface area contributed by atoms with Gasteiger partial charge in [-0.1, -0.05) is 163 Å². The van der Waals surface area contributed by atoms with E-state index in [0.717, 1.165) is 60.5 Å². The predicted molar refractivity (Wildman–Crippen MR) is 245 cm³/mol. The molecule has 2 amide bonds. The van der Waals surface area contributed by atoms with Crippen molar-refractivity contribution in [3.63, 3.8) is 0 Å². The molecule has 0 radical (unpaired) electrons. The Kier molecular flexibility index (Phi) is 12.8. The summed E-state index contributed by atoms with van der Waals surface area (Å²) < 4.78 is 0. The molecule has 59 heavy (non-hydrogen) atoms. The maximum absolute atomic E-state index is 12.5. The Morgan fingerprint density at radius 3 is 1.17 bits per heavy atom. The molecule has 0 aliphatic carbocycles. The molecule has 296 valence electrons. The lowest BCUT2D eigenvalue weighted by Crippen LogP contribution is -2.30. The van der Waals surface area contributed by atoms with Crippen LogP contribution in [0.2, 0.25) is 0 Å². The van der Waals surface area contributed by atoms with Crippen LogP contribution in [0.4, 0.5) is 0 Å². The number of rotatable bonds is 5. The lowest BCUT2D eigenvalue weighted by atomic mass is 9.87. The molecule has 8 aromatic carbocycles. The molecule has 0 atom stereocenters. The molecular weight excluding hydrogens is 729 g/mol. The van der Waals surface area contributed by atoms with Gasteiger partial charge in [0.2, 0.25) is 0 Å². The van der Waals surface area contributed by atoms with Crippen molar-refractivity contribution in [2.75, 3.05) is 0 Å². The third-order valence-corrected chi connectivity index (χ3v) is 10.3. The summed E-state index contributed by atoms with van der Waals surface area (Å²) in [6.07, 6.45) is 2.69. The van der Waals surface area contributed by atoms with Gasteiger partial charge in [0.25, 0.3) is 11.8 Å². The third kappa shape index (κ3) is 9.96. The second-order valence-electron chi connectivity index (χ2n) is 16.4. The molecule has 8 rings (SSSR count). The number of nitrogens with zero attached hydrogens (tertiary/aromatic N) is 1. The van der Waals surface area contributed by atoms with Gasteiger partial charge in [0.05, 0.1) is 6.21 Å². The van der Waals surface area contributed by atoms with Crippen molar-refractivity contribution in [1.82, 2.24) is 10.9 Å². The maximum Gasteiger partial charge on any atom is 0.271 e. The molecule has 7 heteroatoms. The van der Waals surface area contributed by atoms with Crippen LogP contribution in [0.5, 0.6) is 0 Å². The van der Waals surface area contributed by atoms with E-state index in [1.165, 1.54) is 11.1 Å². The third-order valence-electron chi connectivity index (χ3n) is 10.3. The second-order valence-corrected chi connectivity index (χ2v) is 16.4. The van der Waals surface area contributed by atoms with E-state index in [9.17, 15) is 14.4 Å². The maximum atomic E-state index is 12.5. The first kappa shape index (κ1) is 41.7. The fourth-order valence-corrected chi connectivity index (χ4v) is 6.91. The number of hydrogen-bond donors (Lipinski definition) is 3. The minimum absolute atomic E-state index is 0.0581. The van der Waals surface area contributed by atoms with E-state index in [2.05, 4.69) is 93.9 Å². The number of nitrogen functional groups attached to an aromatic ring is 1. The highest BCUT2D eigenvalue weighted by atomic mass is 16.2. The van der Waals surface area contributed by atoms with E-state index in [1.54, 1.807) is 18.3 Å². The molecule has 0 bridgehead atoms. The van der Waals surface area contributed by atoms with E-state index in [4.69, 9.17) is 5.84 Å². The van der Waals surface area contributed by atoms with Crippen molar-refractivity contribution in [1.29, 1.82) is 0 Å². The first-order chi connectivity index (χ1) is 28.3. The Morgan fingerprint density at radius 1 is 0.492 bits per heavy atom. The average molecular weight is 779 g/mol. The standard InChI is InChI=1S/C26H24N2O.C15H10O.C11H16N2O/c1-26(2,3)21-14-12-18(13-15-21)25(29)28-27-17-24-22-10-6-4-8-19(22)16-20-9-5-7-11-23(20)24;16-10-15-13-7-3-1-5-11(13)9-12-6-2-4-8-14(12)15;1-11(2,3)9-6-4-8(5-7-9)10(14)13-12/h4-17H,1-3H3,(H,28,29);1-10H;4-7H,12H2,1-3H3,(H,13,14)/b27-17+;;. The van der Waals surface area contributed by atoms with Crippen molar-refractivity contribution in [3.8, 4) is 0 Å². The summed E-state index contributed by atoms with van der Waals surface area (Å²) in [4.78, 5) is 34.9. The van der Waals surface area contributed by atoms with Gasteiger partial charge >= 0.3 is 0 Å². The molecular formula is C52H50N4O3. The Labute approximate surface area is 345 Å². The molecule has 0 aliphatic rings. The number of nitrogens with one attached hydrogen (secondary N) is 2. The van der Waals surface area contributed by atoms with E-state index in [0.29, 0.717) is 11.1 Å². The number of hydrazine groups is 1. The number of amides is 2. The second kappa shape index (κ2) is 18.1. The molecule has 0 saturated heterocycles.